The molecule has 0 bridgehead atoms. The molecule has 0 amide bonds. The lowest BCUT2D eigenvalue weighted by Crippen LogP contribution is -2.63. The highest BCUT2D eigenvalue weighted by Gasteiger charge is 2.53. The number of carbonyl (C=O) groups excluding carboxylic acids is 4. The fourth-order valence-electron chi connectivity index (χ4n) is 4.76. The van der Waals surface area contributed by atoms with Crippen LogP contribution < -0.4 is 0 Å². The predicted molar refractivity (Wildman–Crippen MR) is 190 cm³/mol. The molecule has 254 valence electrons. The number of hydrogen-bond donors (Lipinski definition) is 0. The van der Waals surface area contributed by atoms with Crippen LogP contribution in [0.1, 0.15) is 41.4 Å². The second-order valence-electron chi connectivity index (χ2n) is 10.5. The Morgan fingerprint density at radius 3 is 1.20 bits per heavy atom. The number of hydrogen-bond acceptors (Lipinski definition) is 10. The second kappa shape index (κ2) is 17.0. The number of ether oxygens (including phenoxy) is 6. The Morgan fingerprint density at radius 1 is 0.510 bits per heavy atom. The molecule has 0 unspecified atom stereocenters. The van der Waals surface area contributed by atoms with Crippen LogP contribution in [0.5, 0.6) is 0 Å². The number of esters is 4. The van der Waals surface area contributed by atoms with E-state index in [-0.39, 0.29) is 22.3 Å². The minimum Gasteiger partial charge on any atom is -0.459 e. The quantitative estimate of drug-likeness (QED) is 0.114. The number of benzene rings is 4. The zero-order valence-electron chi connectivity index (χ0n) is 25.4. The molecular formula is C35H26Br4O10. The molecule has 0 aromatic heterocycles. The van der Waals surface area contributed by atoms with Crippen molar-refractivity contribution in [3.63, 3.8) is 0 Å². The van der Waals surface area contributed by atoms with Gasteiger partial charge in [-0.05, 0) is 97.1 Å². The number of methoxy groups -OCH3 is 1. The Balaban J connectivity index is 1.51. The van der Waals surface area contributed by atoms with Crippen molar-refractivity contribution in [3.8, 4) is 0 Å². The summed E-state index contributed by atoms with van der Waals surface area (Å²) in [4.78, 5) is 53.5. The molecule has 1 aliphatic heterocycles. The van der Waals surface area contributed by atoms with Gasteiger partial charge in [0.1, 0.15) is 12.7 Å². The molecule has 4 aromatic carbocycles. The molecular weight excluding hydrogens is 900 g/mol. The van der Waals surface area contributed by atoms with Gasteiger partial charge < -0.3 is 28.4 Å². The lowest BCUT2D eigenvalue weighted by atomic mass is 9.97. The van der Waals surface area contributed by atoms with Gasteiger partial charge in [-0.2, -0.15) is 0 Å². The first-order chi connectivity index (χ1) is 23.5. The zero-order valence-corrected chi connectivity index (χ0v) is 31.8. The van der Waals surface area contributed by atoms with Gasteiger partial charge in [-0.3, -0.25) is 0 Å². The van der Waals surface area contributed by atoms with Crippen molar-refractivity contribution < 1.29 is 47.6 Å². The highest BCUT2D eigenvalue weighted by atomic mass is 79.9. The summed E-state index contributed by atoms with van der Waals surface area (Å²) in [6.45, 7) is -0.452. The van der Waals surface area contributed by atoms with Gasteiger partial charge in [0.2, 0.25) is 0 Å². The third-order valence-corrected chi connectivity index (χ3v) is 9.37. The molecule has 1 aliphatic rings. The SMILES string of the molecule is CO[C@@H]1O[C@H](COC(=O)c2ccc(Br)cc2)[C@H](OC(=O)c2ccc(Br)cc2)[C@H](OC(=O)c2ccc(Br)cc2)[C@H]1OC(=O)c1ccc(Br)cc1. The molecule has 1 heterocycles. The minimum absolute atomic E-state index is 0.165. The fraction of sp³-hybridized carbons (Fsp3) is 0.200. The first-order valence-electron chi connectivity index (χ1n) is 14.5. The van der Waals surface area contributed by atoms with E-state index < -0.39 is 61.2 Å². The highest BCUT2D eigenvalue weighted by molar-refractivity contribution is 9.11. The fourth-order valence-corrected chi connectivity index (χ4v) is 5.82. The Morgan fingerprint density at radius 2 is 0.837 bits per heavy atom. The van der Waals surface area contributed by atoms with Gasteiger partial charge in [0.15, 0.2) is 24.6 Å². The summed E-state index contributed by atoms with van der Waals surface area (Å²) in [5.41, 5.74) is 0.775. The van der Waals surface area contributed by atoms with Crippen molar-refractivity contribution in [2.45, 2.75) is 30.7 Å². The zero-order chi connectivity index (χ0) is 35.1. The standard InChI is InChI=1S/C35H26Br4O10/c1-44-35-30(49-34(43)22-8-16-26(39)17-9-22)29(48-33(42)21-6-14-25(38)15-7-21)28(47-32(41)20-4-12-24(37)13-5-20)27(46-35)18-45-31(40)19-2-10-23(36)11-3-19/h2-17,27-30,35H,18H2,1H3/t27-,28+,29+,30-,35-/m1/s1. The smallest absolute Gasteiger partial charge is 0.338 e. The van der Waals surface area contributed by atoms with E-state index in [9.17, 15) is 19.2 Å². The Kier molecular flexibility index (Phi) is 12.8. The van der Waals surface area contributed by atoms with Crippen molar-refractivity contribution >= 4 is 87.6 Å². The topological polar surface area (TPSA) is 124 Å². The summed E-state index contributed by atoms with van der Waals surface area (Å²) in [5, 5.41) is 0. The summed E-state index contributed by atoms with van der Waals surface area (Å²) in [6.07, 6.45) is -6.98. The van der Waals surface area contributed by atoms with Crippen LogP contribution in [0.15, 0.2) is 115 Å². The monoisotopic (exact) mass is 922 g/mol. The minimum atomic E-state index is -1.50. The van der Waals surface area contributed by atoms with Gasteiger partial charge in [-0.1, -0.05) is 63.7 Å². The van der Waals surface area contributed by atoms with Crippen LogP contribution in [0.3, 0.4) is 0 Å². The molecule has 1 saturated heterocycles. The van der Waals surface area contributed by atoms with E-state index in [1.54, 1.807) is 60.7 Å². The van der Waals surface area contributed by atoms with Crippen LogP contribution in [0.4, 0.5) is 0 Å². The van der Waals surface area contributed by atoms with Crippen LogP contribution in [-0.2, 0) is 28.4 Å². The van der Waals surface area contributed by atoms with Crippen LogP contribution in [0.2, 0.25) is 0 Å². The molecule has 1 fully saturated rings. The third-order valence-electron chi connectivity index (χ3n) is 7.25. The van der Waals surface area contributed by atoms with Crippen molar-refractivity contribution in [1.82, 2.24) is 0 Å². The molecule has 0 saturated carbocycles. The molecule has 5 rings (SSSR count). The lowest BCUT2D eigenvalue weighted by molar-refractivity contribution is -0.291. The average molecular weight is 926 g/mol. The maximum Gasteiger partial charge on any atom is 0.338 e. The molecule has 0 spiro atoms. The number of carbonyl (C=O) groups is 4. The Labute approximate surface area is 314 Å². The molecule has 10 nitrogen and oxygen atoms in total. The lowest BCUT2D eigenvalue weighted by Gasteiger charge is -2.44. The van der Waals surface area contributed by atoms with Gasteiger partial charge >= 0.3 is 23.9 Å². The van der Waals surface area contributed by atoms with Crippen molar-refractivity contribution in [2.75, 3.05) is 13.7 Å². The van der Waals surface area contributed by atoms with Crippen LogP contribution in [0, 0.1) is 0 Å². The maximum atomic E-state index is 13.6. The van der Waals surface area contributed by atoms with E-state index in [1.807, 2.05) is 0 Å². The largest absolute Gasteiger partial charge is 0.459 e. The average Bonchev–Trinajstić information content (AvgIpc) is 3.10. The van der Waals surface area contributed by atoms with Crippen molar-refractivity contribution in [1.29, 1.82) is 0 Å². The van der Waals surface area contributed by atoms with Crippen molar-refractivity contribution in [2.24, 2.45) is 0 Å². The normalized spacial score (nSPS) is 20.1. The summed E-state index contributed by atoms with van der Waals surface area (Å²) in [5.74, 6) is -3.08. The summed E-state index contributed by atoms with van der Waals surface area (Å²) < 4.78 is 38.1. The van der Waals surface area contributed by atoms with E-state index in [2.05, 4.69) is 63.7 Å². The molecule has 5 atom stereocenters. The van der Waals surface area contributed by atoms with Gasteiger partial charge in [0, 0.05) is 25.0 Å². The molecule has 49 heavy (non-hydrogen) atoms. The van der Waals surface area contributed by atoms with E-state index >= 15 is 0 Å². The summed E-state index contributed by atoms with van der Waals surface area (Å²) in [6, 6.07) is 25.6. The van der Waals surface area contributed by atoms with E-state index in [1.165, 1.54) is 43.5 Å². The van der Waals surface area contributed by atoms with Gasteiger partial charge in [0.05, 0.1) is 22.3 Å². The van der Waals surface area contributed by atoms with Gasteiger partial charge in [-0.25, -0.2) is 19.2 Å². The van der Waals surface area contributed by atoms with E-state index in [4.69, 9.17) is 28.4 Å². The number of rotatable bonds is 10. The Bertz CT molecular complexity index is 1780. The molecule has 4 aromatic rings. The number of halogens is 4. The van der Waals surface area contributed by atoms with Gasteiger partial charge in [0.25, 0.3) is 0 Å². The predicted octanol–water partition coefficient (Wildman–Crippen LogP) is 7.94. The highest BCUT2D eigenvalue weighted by Crippen LogP contribution is 2.32. The van der Waals surface area contributed by atoms with Crippen LogP contribution in [0.25, 0.3) is 0 Å². The first-order valence-corrected chi connectivity index (χ1v) is 17.7. The molecule has 0 N–H and O–H groups in total. The Hall–Kier alpha value is -3.40. The first kappa shape index (κ1) is 36.9. The third kappa shape index (κ3) is 9.65. The summed E-state index contributed by atoms with van der Waals surface area (Å²) >= 11 is 13.4. The van der Waals surface area contributed by atoms with Crippen LogP contribution >= 0.6 is 63.7 Å². The summed E-state index contributed by atoms with van der Waals surface area (Å²) in [7, 11) is 1.30. The maximum absolute atomic E-state index is 13.6. The van der Waals surface area contributed by atoms with Crippen molar-refractivity contribution in [3.05, 3.63) is 137 Å². The van der Waals surface area contributed by atoms with E-state index in [0.717, 1.165) is 17.9 Å². The molecule has 0 aliphatic carbocycles. The second-order valence-corrected chi connectivity index (χ2v) is 14.2. The van der Waals surface area contributed by atoms with E-state index in [0.29, 0.717) is 0 Å². The molecule has 14 heteroatoms. The van der Waals surface area contributed by atoms with Gasteiger partial charge in [-0.15, -0.1) is 0 Å². The molecule has 0 radical (unpaired) electrons. The van der Waals surface area contributed by atoms with Crippen LogP contribution in [-0.4, -0.2) is 68.3 Å².